The zero-order valence-electron chi connectivity index (χ0n) is 10.7. The fourth-order valence-corrected chi connectivity index (χ4v) is 1.49. The Balaban J connectivity index is 1.90. The van der Waals surface area contributed by atoms with Gasteiger partial charge in [0.2, 0.25) is 0 Å². The Hall–Kier alpha value is -2.91. The van der Waals surface area contributed by atoms with Crippen molar-refractivity contribution in [2.75, 3.05) is 5.32 Å². The number of aromatic nitrogens is 4. The van der Waals surface area contributed by atoms with Gasteiger partial charge in [0.25, 0.3) is 5.95 Å². The van der Waals surface area contributed by atoms with Crippen molar-refractivity contribution < 1.29 is 19.1 Å². The second kappa shape index (κ2) is 5.38. The van der Waals surface area contributed by atoms with Gasteiger partial charge in [0.05, 0.1) is 13.6 Å². The predicted molar refractivity (Wildman–Crippen MR) is 65.1 cm³/mol. The summed E-state index contributed by atoms with van der Waals surface area (Å²) in [4.78, 5) is 23.6. The molecule has 0 fully saturated rings. The molecule has 2 rings (SSSR count). The van der Waals surface area contributed by atoms with Gasteiger partial charge in [0.1, 0.15) is 17.1 Å². The molecule has 0 atom stereocenters. The number of amides is 2. The largest absolute Gasteiger partial charge is 0.478 e. The molecule has 2 amide bonds. The first-order valence-corrected chi connectivity index (χ1v) is 5.57. The molecule has 106 valence electrons. The first-order valence-electron chi connectivity index (χ1n) is 5.57. The summed E-state index contributed by atoms with van der Waals surface area (Å²) in [5.41, 5.74) is 0.0674. The number of nitrogens with zero attached hydrogens (tertiary/aromatic N) is 4. The molecule has 0 spiro atoms. The lowest BCUT2D eigenvalue weighted by atomic mass is 10.2. The molecule has 10 heteroatoms. The number of carbonyl (C=O) groups excluding carboxylic acids is 1. The van der Waals surface area contributed by atoms with Crippen LogP contribution in [0.2, 0.25) is 0 Å². The number of carboxylic acid groups (broad SMARTS) is 1. The van der Waals surface area contributed by atoms with Crippen molar-refractivity contribution in [1.82, 2.24) is 25.5 Å². The maximum atomic E-state index is 11.5. The van der Waals surface area contributed by atoms with Crippen LogP contribution in [0.1, 0.15) is 21.9 Å². The molecule has 0 aromatic carbocycles. The Morgan fingerprint density at radius 1 is 1.50 bits per heavy atom. The van der Waals surface area contributed by atoms with Crippen LogP contribution in [-0.2, 0) is 13.6 Å². The maximum Gasteiger partial charge on any atom is 0.339 e. The van der Waals surface area contributed by atoms with Gasteiger partial charge >= 0.3 is 12.0 Å². The molecule has 0 aliphatic rings. The van der Waals surface area contributed by atoms with Crippen LogP contribution in [0.25, 0.3) is 0 Å². The monoisotopic (exact) mass is 280 g/mol. The lowest BCUT2D eigenvalue weighted by Gasteiger charge is -2.01. The number of carbonyl (C=O) groups is 2. The van der Waals surface area contributed by atoms with E-state index in [2.05, 4.69) is 26.0 Å². The highest BCUT2D eigenvalue weighted by molar-refractivity contribution is 5.89. The van der Waals surface area contributed by atoms with Crippen LogP contribution in [0.5, 0.6) is 0 Å². The normalized spacial score (nSPS) is 10.3. The van der Waals surface area contributed by atoms with Gasteiger partial charge < -0.3 is 14.8 Å². The van der Waals surface area contributed by atoms with Gasteiger partial charge in [-0.15, -0.1) is 5.10 Å². The van der Waals surface area contributed by atoms with Crippen molar-refractivity contribution in [3.05, 3.63) is 23.2 Å². The molecule has 10 nitrogen and oxygen atoms in total. The first kappa shape index (κ1) is 13.5. The van der Waals surface area contributed by atoms with E-state index in [1.165, 1.54) is 17.8 Å². The maximum absolute atomic E-state index is 11.5. The van der Waals surface area contributed by atoms with Crippen LogP contribution in [0.3, 0.4) is 0 Å². The number of furan rings is 1. The smallest absolute Gasteiger partial charge is 0.339 e. The number of carboxylic acids is 1. The van der Waals surface area contributed by atoms with E-state index in [-0.39, 0.29) is 23.8 Å². The van der Waals surface area contributed by atoms with Gasteiger partial charge in [-0.2, -0.15) is 4.80 Å². The van der Waals surface area contributed by atoms with Crippen LogP contribution in [0, 0.1) is 6.92 Å². The summed E-state index contributed by atoms with van der Waals surface area (Å²) in [6, 6.07) is 0.808. The summed E-state index contributed by atoms with van der Waals surface area (Å²) in [5.74, 6) is -0.398. The van der Waals surface area contributed by atoms with Crippen LogP contribution in [0.15, 0.2) is 10.5 Å². The number of aryl methyl sites for hydroxylation is 2. The summed E-state index contributed by atoms with van der Waals surface area (Å²) in [7, 11) is 1.56. The number of nitrogens with one attached hydrogen (secondary N) is 2. The molecule has 0 saturated carbocycles. The van der Waals surface area contributed by atoms with Crippen LogP contribution >= 0.6 is 0 Å². The van der Waals surface area contributed by atoms with E-state index in [0.29, 0.717) is 5.76 Å². The zero-order chi connectivity index (χ0) is 14.7. The van der Waals surface area contributed by atoms with Crippen LogP contribution < -0.4 is 10.6 Å². The van der Waals surface area contributed by atoms with Gasteiger partial charge in [-0.1, -0.05) is 5.10 Å². The highest BCUT2D eigenvalue weighted by Crippen LogP contribution is 2.14. The highest BCUT2D eigenvalue weighted by atomic mass is 16.4. The molecule has 0 aliphatic heterocycles. The Labute approximate surface area is 112 Å². The fraction of sp³-hybridized carbons (Fsp3) is 0.300. The van der Waals surface area contributed by atoms with E-state index in [4.69, 9.17) is 9.52 Å². The van der Waals surface area contributed by atoms with Gasteiger partial charge in [-0.3, -0.25) is 5.32 Å². The van der Waals surface area contributed by atoms with Crippen molar-refractivity contribution in [1.29, 1.82) is 0 Å². The summed E-state index contributed by atoms with van der Waals surface area (Å²) in [6.07, 6.45) is 0. The van der Waals surface area contributed by atoms with Crippen molar-refractivity contribution in [2.45, 2.75) is 13.5 Å². The predicted octanol–water partition coefficient (Wildman–Crippen LogP) is 0.131. The second-order valence-corrected chi connectivity index (χ2v) is 3.90. The quantitative estimate of drug-likeness (QED) is 0.724. The summed E-state index contributed by atoms with van der Waals surface area (Å²) >= 11 is 0. The lowest BCUT2D eigenvalue weighted by Crippen LogP contribution is -2.28. The van der Waals surface area contributed by atoms with E-state index < -0.39 is 12.0 Å². The Kier molecular flexibility index (Phi) is 3.64. The van der Waals surface area contributed by atoms with Crippen molar-refractivity contribution in [3.8, 4) is 0 Å². The average Bonchev–Trinajstić information content (AvgIpc) is 2.93. The molecular formula is C10H12N6O4. The third-order valence-electron chi connectivity index (χ3n) is 2.36. The molecule has 3 N–H and O–H groups in total. The van der Waals surface area contributed by atoms with Crippen LogP contribution in [-0.4, -0.2) is 37.3 Å². The Bertz CT molecular complexity index is 646. The van der Waals surface area contributed by atoms with E-state index >= 15 is 0 Å². The summed E-state index contributed by atoms with van der Waals surface area (Å²) in [5, 5.41) is 24.6. The van der Waals surface area contributed by atoms with Crippen molar-refractivity contribution in [2.24, 2.45) is 7.05 Å². The fourth-order valence-electron chi connectivity index (χ4n) is 1.49. The summed E-state index contributed by atoms with van der Waals surface area (Å²) < 4.78 is 5.21. The number of anilines is 1. The standard InChI is InChI=1S/C10H12N6O4/c1-5-7(8(17)18)3-6(20-5)4-11-10(19)12-9-13-15-16(2)14-9/h3H,4H2,1-2H3,(H,17,18)(H2,11,12,14,19). The van der Waals surface area contributed by atoms with Crippen molar-refractivity contribution >= 4 is 17.9 Å². The molecule has 0 saturated heterocycles. The number of aromatic carboxylic acids is 1. The number of rotatable bonds is 4. The topological polar surface area (TPSA) is 135 Å². The molecular weight excluding hydrogens is 268 g/mol. The third kappa shape index (κ3) is 3.10. The Morgan fingerprint density at radius 3 is 2.80 bits per heavy atom. The molecule has 0 radical (unpaired) electrons. The van der Waals surface area contributed by atoms with E-state index in [9.17, 15) is 9.59 Å². The number of hydrogen-bond acceptors (Lipinski definition) is 6. The lowest BCUT2D eigenvalue weighted by molar-refractivity contribution is 0.0695. The number of urea groups is 1. The highest BCUT2D eigenvalue weighted by Gasteiger charge is 2.14. The van der Waals surface area contributed by atoms with Gasteiger partial charge in [-0.25, -0.2) is 9.59 Å². The third-order valence-corrected chi connectivity index (χ3v) is 2.36. The van der Waals surface area contributed by atoms with Gasteiger partial charge in [0.15, 0.2) is 0 Å². The first-order chi connectivity index (χ1) is 9.45. The molecule has 0 unspecified atom stereocenters. The number of hydrogen-bond donors (Lipinski definition) is 3. The second-order valence-electron chi connectivity index (χ2n) is 3.90. The molecule has 2 heterocycles. The molecule has 2 aromatic rings. The van der Waals surface area contributed by atoms with Gasteiger partial charge in [0, 0.05) is 0 Å². The zero-order valence-corrected chi connectivity index (χ0v) is 10.7. The minimum absolute atomic E-state index is 0.0419. The minimum atomic E-state index is -1.08. The Morgan fingerprint density at radius 2 is 2.25 bits per heavy atom. The molecule has 2 aromatic heterocycles. The molecule has 0 bridgehead atoms. The minimum Gasteiger partial charge on any atom is -0.478 e. The molecule has 0 aliphatic carbocycles. The average molecular weight is 280 g/mol. The molecule has 20 heavy (non-hydrogen) atoms. The number of tetrazole rings is 1. The van der Waals surface area contributed by atoms with Crippen LogP contribution in [0.4, 0.5) is 10.7 Å². The van der Waals surface area contributed by atoms with Gasteiger partial charge in [-0.05, 0) is 18.2 Å². The van der Waals surface area contributed by atoms with E-state index in [1.54, 1.807) is 7.05 Å². The van der Waals surface area contributed by atoms with E-state index in [1.807, 2.05) is 0 Å². The van der Waals surface area contributed by atoms with Crippen molar-refractivity contribution in [3.63, 3.8) is 0 Å². The summed E-state index contributed by atoms with van der Waals surface area (Å²) in [6.45, 7) is 1.58. The SMILES string of the molecule is Cc1oc(CNC(=O)Nc2nnn(C)n2)cc1C(=O)O. The van der Waals surface area contributed by atoms with E-state index in [0.717, 1.165) is 0 Å².